The van der Waals surface area contributed by atoms with Crippen LogP contribution in [-0.2, 0) is 4.79 Å². The third kappa shape index (κ3) is 4.21. The van der Waals surface area contributed by atoms with Crippen LogP contribution in [0, 0.1) is 5.82 Å². The number of hydrogen-bond donors (Lipinski definition) is 2. The predicted octanol–water partition coefficient (Wildman–Crippen LogP) is 2.74. The molecular formula is C14H20FNO3. The van der Waals surface area contributed by atoms with Gasteiger partial charge in [-0.05, 0) is 37.6 Å². The van der Waals surface area contributed by atoms with E-state index in [1.807, 2.05) is 13.8 Å². The first-order valence-corrected chi connectivity index (χ1v) is 6.41. The van der Waals surface area contributed by atoms with Crippen molar-refractivity contribution in [2.45, 2.75) is 39.3 Å². The molecule has 1 aromatic rings. The summed E-state index contributed by atoms with van der Waals surface area (Å²) in [5.74, 6) is -1.66. The third-order valence-electron chi connectivity index (χ3n) is 2.88. The molecule has 0 aromatic heterocycles. The Morgan fingerprint density at radius 2 is 2.16 bits per heavy atom. The van der Waals surface area contributed by atoms with E-state index in [9.17, 15) is 9.18 Å². The molecule has 2 N–H and O–H groups in total. The summed E-state index contributed by atoms with van der Waals surface area (Å²) in [5.41, 5.74) is 0.801. The second-order valence-electron chi connectivity index (χ2n) is 4.32. The Kier molecular flexibility index (Phi) is 5.76. The zero-order valence-electron chi connectivity index (χ0n) is 11.4. The summed E-state index contributed by atoms with van der Waals surface area (Å²) >= 11 is 0. The number of carbonyl (C=O) groups is 1. The van der Waals surface area contributed by atoms with Gasteiger partial charge in [0.2, 0.25) is 0 Å². The van der Waals surface area contributed by atoms with Crippen molar-refractivity contribution in [2.24, 2.45) is 0 Å². The lowest BCUT2D eigenvalue weighted by Crippen LogP contribution is -2.26. The van der Waals surface area contributed by atoms with Crippen LogP contribution in [0.25, 0.3) is 0 Å². The Hall–Kier alpha value is -1.62. The summed E-state index contributed by atoms with van der Waals surface area (Å²) in [5, 5.41) is 12.1. The van der Waals surface area contributed by atoms with Gasteiger partial charge >= 0.3 is 5.97 Å². The molecule has 5 heteroatoms. The molecule has 0 bridgehead atoms. The molecule has 4 nitrogen and oxygen atoms in total. The first-order valence-electron chi connectivity index (χ1n) is 6.41. The molecule has 0 aliphatic carbocycles. The number of halogens is 1. The fourth-order valence-electron chi connectivity index (χ4n) is 1.77. The van der Waals surface area contributed by atoms with E-state index < -0.39 is 17.9 Å². The van der Waals surface area contributed by atoms with Gasteiger partial charge in [0.25, 0.3) is 0 Å². The van der Waals surface area contributed by atoms with E-state index in [0.29, 0.717) is 0 Å². The monoisotopic (exact) mass is 269 g/mol. The molecule has 2 unspecified atom stereocenters. The van der Waals surface area contributed by atoms with Crippen molar-refractivity contribution >= 4 is 5.97 Å². The van der Waals surface area contributed by atoms with Gasteiger partial charge in [-0.25, -0.2) is 9.18 Å². The molecule has 1 aromatic carbocycles. The lowest BCUT2D eigenvalue weighted by atomic mass is 10.1. The van der Waals surface area contributed by atoms with Crippen LogP contribution in [0.4, 0.5) is 4.39 Å². The molecule has 0 spiro atoms. The fraction of sp³-hybridized carbons (Fsp3) is 0.500. The van der Waals surface area contributed by atoms with Crippen molar-refractivity contribution in [1.29, 1.82) is 0 Å². The first kappa shape index (κ1) is 15.4. The van der Waals surface area contributed by atoms with Crippen molar-refractivity contribution in [3.8, 4) is 5.75 Å². The van der Waals surface area contributed by atoms with Crippen LogP contribution >= 0.6 is 0 Å². The molecule has 1 rings (SSSR count). The van der Waals surface area contributed by atoms with Gasteiger partial charge < -0.3 is 15.2 Å². The standard InChI is InChI=1S/C14H20FNO3/c1-4-12(14(17)18)19-13-7-6-10(8-11(13)15)9(3)16-5-2/h6-9,12,16H,4-5H2,1-3H3,(H,17,18). The Balaban J connectivity index is 2.85. The second kappa shape index (κ2) is 7.09. The Morgan fingerprint density at radius 3 is 2.63 bits per heavy atom. The number of nitrogens with one attached hydrogen (secondary N) is 1. The number of ether oxygens (including phenoxy) is 1. The molecule has 0 amide bonds. The Labute approximate surface area is 112 Å². The number of carboxylic acids is 1. The smallest absolute Gasteiger partial charge is 0.344 e. The molecule has 0 heterocycles. The van der Waals surface area contributed by atoms with Crippen LogP contribution < -0.4 is 10.1 Å². The Morgan fingerprint density at radius 1 is 1.47 bits per heavy atom. The lowest BCUT2D eigenvalue weighted by Gasteiger charge is -2.16. The first-order chi connectivity index (χ1) is 8.99. The number of hydrogen-bond acceptors (Lipinski definition) is 3. The quantitative estimate of drug-likeness (QED) is 0.799. The van der Waals surface area contributed by atoms with Crippen molar-refractivity contribution in [3.05, 3.63) is 29.6 Å². The van der Waals surface area contributed by atoms with E-state index in [-0.39, 0.29) is 18.2 Å². The summed E-state index contributed by atoms with van der Waals surface area (Å²) in [6.07, 6.45) is -0.740. The fourth-order valence-corrected chi connectivity index (χ4v) is 1.77. The van der Waals surface area contributed by atoms with Crippen LogP contribution in [0.15, 0.2) is 18.2 Å². The van der Waals surface area contributed by atoms with E-state index in [1.165, 1.54) is 12.1 Å². The maximum Gasteiger partial charge on any atom is 0.344 e. The molecule has 0 fully saturated rings. The highest BCUT2D eigenvalue weighted by Gasteiger charge is 2.19. The van der Waals surface area contributed by atoms with Gasteiger partial charge in [-0.2, -0.15) is 0 Å². The average molecular weight is 269 g/mol. The van der Waals surface area contributed by atoms with Crippen LogP contribution in [0.1, 0.15) is 38.8 Å². The number of benzene rings is 1. The van der Waals surface area contributed by atoms with Gasteiger partial charge in [0, 0.05) is 6.04 Å². The van der Waals surface area contributed by atoms with E-state index in [1.54, 1.807) is 13.0 Å². The van der Waals surface area contributed by atoms with Crippen LogP contribution in [0.3, 0.4) is 0 Å². The molecule has 0 saturated carbocycles. The zero-order valence-corrected chi connectivity index (χ0v) is 11.4. The molecule has 0 radical (unpaired) electrons. The zero-order chi connectivity index (χ0) is 14.4. The maximum atomic E-state index is 13.9. The van der Waals surface area contributed by atoms with Gasteiger partial charge in [0.05, 0.1) is 0 Å². The molecule has 19 heavy (non-hydrogen) atoms. The summed E-state index contributed by atoms with van der Waals surface area (Å²) in [4.78, 5) is 10.8. The molecule has 0 saturated heterocycles. The summed E-state index contributed by atoms with van der Waals surface area (Å²) < 4.78 is 19.0. The minimum atomic E-state index is -1.09. The highest BCUT2D eigenvalue weighted by atomic mass is 19.1. The summed E-state index contributed by atoms with van der Waals surface area (Å²) in [7, 11) is 0. The normalized spacial score (nSPS) is 13.9. The second-order valence-corrected chi connectivity index (χ2v) is 4.32. The van der Waals surface area contributed by atoms with Gasteiger partial charge in [-0.3, -0.25) is 0 Å². The minimum absolute atomic E-state index is 0.0262. The highest BCUT2D eigenvalue weighted by Crippen LogP contribution is 2.23. The maximum absolute atomic E-state index is 13.9. The Bertz CT molecular complexity index is 437. The molecule has 0 aliphatic rings. The van der Waals surface area contributed by atoms with Gasteiger partial charge in [-0.1, -0.05) is 19.9 Å². The van der Waals surface area contributed by atoms with Gasteiger partial charge in [0.15, 0.2) is 17.7 Å². The highest BCUT2D eigenvalue weighted by molar-refractivity contribution is 5.72. The lowest BCUT2D eigenvalue weighted by molar-refractivity contribution is -0.145. The van der Waals surface area contributed by atoms with E-state index in [0.717, 1.165) is 12.1 Å². The topological polar surface area (TPSA) is 58.6 Å². The molecular weight excluding hydrogens is 249 g/mol. The predicted molar refractivity (Wildman–Crippen MR) is 70.8 cm³/mol. The molecule has 0 aliphatic heterocycles. The van der Waals surface area contributed by atoms with Crippen LogP contribution in [0.2, 0.25) is 0 Å². The van der Waals surface area contributed by atoms with Crippen molar-refractivity contribution in [2.75, 3.05) is 6.54 Å². The van der Waals surface area contributed by atoms with Gasteiger partial charge in [0.1, 0.15) is 0 Å². The summed E-state index contributed by atoms with van der Waals surface area (Å²) in [6.45, 7) is 6.38. The van der Waals surface area contributed by atoms with E-state index >= 15 is 0 Å². The minimum Gasteiger partial charge on any atom is -0.479 e. The number of carboxylic acid groups (broad SMARTS) is 1. The number of rotatable bonds is 7. The van der Waals surface area contributed by atoms with Gasteiger partial charge in [-0.15, -0.1) is 0 Å². The molecule has 106 valence electrons. The molecule has 2 atom stereocenters. The van der Waals surface area contributed by atoms with Crippen molar-refractivity contribution in [3.63, 3.8) is 0 Å². The van der Waals surface area contributed by atoms with E-state index in [4.69, 9.17) is 9.84 Å². The van der Waals surface area contributed by atoms with Crippen molar-refractivity contribution in [1.82, 2.24) is 5.32 Å². The van der Waals surface area contributed by atoms with Crippen molar-refractivity contribution < 1.29 is 19.0 Å². The SMILES string of the molecule is CCNC(C)c1ccc(OC(CC)C(=O)O)c(F)c1. The average Bonchev–Trinajstić information content (AvgIpc) is 2.37. The van der Waals surface area contributed by atoms with E-state index in [2.05, 4.69) is 5.32 Å². The third-order valence-corrected chi connectivity index (χ3v) is 2.88. The largest absolute Gasteiger partial charge is 0.479 e. The van der Waals surface area contributed by atoms with Crippen LogP contribution in [0.5, 0.6) is 5.75 Å². The number of aliphatic carboxylic acids is 1. The van der Waals surface area contributed by atoms with Crippen LogP contribution in [-0.4, -0.2) is 23.7 Å². The summed E-state index contributed by atoms with van der Waals surface area (Å²) in [6, 6.07) is 4.62.